The lowest BCUT2D eigenvalue weighted by molar-refractivity contribution is 0.192. The zero-order valence-electron chi connectivity index (χ0n) is 12.8. The van der Waals surface area contributed by atoms with Gasteiger partial charge in [0.05, 0.1) is 23.3 Å². The number of pyridine rings is 1. The normalized spacial score (nSPS) is 21.3. The zero-order valence-corrected chi connectivity index (χ0v) is 12.8. The highest BCUT2D eigenvalue weighted by Gasteiger charge is 2.29. The lowest BCUT2D eigenvalue weighted by Crippen LogP contribution is -1.99. The van der Waals surface area contributed by atoms with Gasteiger partial charge in [0.1, 0.15) is 0 Å². The molecule has 0 spiro atoms. The van der Waals surface area contributed by atoms with Gasteiger partial charge < -0.3 is 13.8 Å². The topological polar surface area (TPSA) is 87.1 Å². The van der Waals surface area contributed by atoms with Crippen LogP contribution in [0.15, 0.2) is 15.1 Å². The molecular weight excluding hydrogens is 296 g/mol. The molecule has 0 N–H and O–H groups in total. The Morgan fingerprint density at radius 2 is 1.96 bits per heavy atom. The lowest BCUT2D eigenvalue weighted by Gasteiger charge is -2.02. The van der Waals surface area contributed by atoms with E-state index in [1.807, 2.05) is 13.0 Å². The molecule has 2 fully saturated rings. The summed E-state index contributed by atoms with van der Waals surface area (Å²) in [6.45, 7) is 3.31. The minimum atomic E-state index is 0.219. The fourth-order valence-corrected chi connectivity index (χ4v) is 3.12. The first-order chi connectivity index (χ1) is 11.3. The van der Waals surface area contributed by atoms with Gasteiger partial charge in [0.25, 0.3) is 11.6 Å². The Kier molecular flexibility index (Phi) is 2.78. The van der Waals surface area contributed by atoms with E-state index in [0.717, 1.165) is 35.4 Å². The molecule has 1 saturated heterocycles. The Bertz CT molecular complexity index is 875. The average molecular weight is 312 g/mol. The van der Waals surface area contributed by atoms with Crippen molar-refractivity contribution < 1.29 is 13.8 Å². The van der Waals surface area contributed by atoms with Crippen LogP contribution in [0.25, 0.3) is 22.6 Å². The minimum Gasteiger partial charge on any atom is -0.381 e. The van der Waals surface area contributed by atoms with Gasteiger partial charge in [-0.15, -0.1) is 0 Å². The summed E-state index contributed by atoms with van der Waals surface area (Å²) in [5, 5.41) is 9.04. The zero-order chi connectivity index (χ0) is 15.4. The smallest absolute Gasteiger partial charge is 0.259 e. The number of hydrogen-bond donors (Lipinski definition) is 0. The van der Waals surface area contributed by atoms with Crippen molar-refractivity contribution in [2.75, 3.05) is 13.2 Å². The van der Waals surface area contributed by atoms with E-state index in [-0.39, 0.29) is 5.92 Å². The Hall–Kier alpha value is -2.28. The maximum absolute atomic E-state index is 5.54. The number of rotatable bonds is 3. The molecule has 0 amide bonds. The first-order valence-electron chi connectivity index (χ1n) is 7.98. The summed E-state index contributed by atoms with van der Waals surface area (Å²) in [7, 11) is 0. The van der Waals surface area contributed by atoms with Gasteiger partial charge in [0, 0.05) is 24.1 Å². The van der Waals surface area contributed by atoms with Crippen molar-refractivity contribution in [2.24, 2.45) is 0 Å². The van der Waals surface area contributed by atoms with Gasteiger partial charge in [-0.3, -0.25) is 0 Å². The minimum absolute atomic E-state index is 0.219. The molecular formula is C16H16N4O3. The molecule has 118 valence electrons. The van der Waals surface area contributed by atoms with E-state index in [1.165, 1.54) is 12.8 Å². The molecule has 0 aromatic carbocycles. The van der Waals surface area contributed by atoms with Gasteiger partial charge in [-0.2, -0.15) is 4.98 Å². The summed E-state index contributed by atoms with van der Waals surface area (Å²) in [5.41, 5.74) is 3.22. The second kappa shape index (κ2) is 4.86. The van der Waals surface area contributed by atoms with Crippen molar-refractivity contribution in [3.8, 4) is 11.5 Å². The molecule has 5 rings (SSSR count). The van der Waals surface area contributed by atoms with Crippen molar-refractivity contribution in [3.63, 3.8) is 0 Å². The summed E-state index contributed by atoms with van der Waals surface area (Å²) in [6.07, 6.45) is 3.27. The molecule has 0 radical (unpaired) electrons. The monoisotopic (exact) mass is 312 g/mol. The van der Waals surface area contributed by atoms with Crippen LogP contribution in [0, 0.1) is 6.92 Å². The predicted octanol–water partition coefficient (Wildman–Crippen LogP) is 2.96. The predicted molar refractivity (Wildman–Crippen MR) is 80.0 cm³/mol. The second-order valence-corrected chi connectivity index (χ2v) is 6.34. The molecule has 3 aromatic heterocycles. The molecule has 23 heavy (non-hydrogen) atoms. The van der Waals surface area contributed by atoms with Crippen LogP contribution in [0.4, 0.5) is 0 Å². The summed E-state index contributed by atoms with van der Waals surface area (Å²) in [6, 6.07) is 2.05. The molecule has 1 aliphatic carbocycles. The maximum Gasteiger partial charge on any atom is 0.259 e. The Balaban J connectivity index is 1.64. The first kappa shape index (κ1) is 13.2. The van der Waals surface area contributed by atoms with E-state index in [0.29, 0.717) is 30.0 Å². The second-order valence-electron chi connectivity index (χ2n) is 6.34. The molecule has 4 heterocycles. The van der Waals surface area contributed by atoms with Crippen LogP contribution < -0.4 is 0 Å². The van der Waals surface area contributed by atoms with Crippen LogP contribution in [0.2, 0.25) is 0 Å². The molecule has 1 atom stereocenters. The number of nitrogens with zero attached hydrogens (tertiary/aromatic N) is 4. The van der Waals surface area contributed by atoms with E-state index < -0.39 is 0 Å². The van der Waals surface area contributed by atoms with Gasteiger partial charge in [-0.25, -0.2) is 4.98 Å². The van der Waals surface area contributed by atoms with Crippen molar-refractivity contribution in [1.82, 2.24) is 20.3 Å². The Morgan fingerprint density at radius 1 is 1.04 bits per heavy atom. The van der Waals surface area contributed by atoms with E-state index in [4.69, 9.17) is 13.8 Å². The van der Waals surface area contributed by atoms with Crippen molar-refractivity contribution in [3.05, 3.63) is 23.3 Å². The largest absolute Gasteiger partial charge is 0.381 e. The van der Waals surface area contributed by atoms with Gasteiger partial charge in [-0.05, 0) is 32.3 Å². The van der Waals surface area contributed by atoms with Crippen molar-refractivity contribution in [2.45, 2.75) is 38.0 Å². The molecule has 1 aliphatic heterocycles. The number of aromatic nitrogens is 4. The van der Waals surface area contributed by atoms with Crippen LogP contribution in [0.5, 0.6) is 0 Å². The Labute approximate surface area is 132 Å². The SMILES string of the molecule is Cc1noc2nc(C3CC3)cc(-c3nc([C@@H]4CCOC4)no3)c12. The number of fused-ring (bicyclic) bond motifs is 1. The molecule has 7 heteroatoms. The maximum atomic E-state index is 5.54. The quantitative estimate of drug-likeness (QED) is 0.734. The highest BCUT2D eigenvalue weighted by Crippen LogP contribution is 2.42. The highest BCUT2D eigenvalue weighted by atomic mass is 16.5. The summed E-state index contributed by atoms with van der Waals surface area (Å²) in [5.74, 6) is 1.95. The van der Waals surface area contributed by atoms with Gasteiger partial charge in [0.15, 0.2) is 5.82 Å². The van der Waals surface area contributed by atoms with E-state index in [2.05, 4.69) is 20.3 Å². The van der Waals surface area contributed by atoms with Crippen molar-refractivity contribution in [1.29, 1.82) is 0 Å². The lowest BCUT2D eigenvalue weighted by atomic mass is 10.1. The summed E-state index contributed by atoms with van der Waals surface area (Å²) >= 11 is 0. The number of hydrogen-bond acceptors (Lipinski definition) is 7. The summed E-state index contributed by atoms with van der Waals surface area (Å²) in [4.78, 5) is 9.19. The van der Waals surface area contributed by atoms with Crippen LogP contribution in [-0.4, -0.2) is 33.5 Å². The van der Waals surface area contributed by atoms with Gasteiger partial charge >= 0.3 is 0 Å². The third-order valence-corrected chi connectivity index (χ3v) is 4.60. The van der Waals surface area contributed by atoms with E-state index in [9.17, 15) is 0 Å². The van der Waals surface area contributed by atoms with Gasteiger partial charge in [-0.1, -0.05) is 10.3 Å². The molecule has 7 nitrogen and oxygen atoms in total. The highest BCUT2D eigenvalue weighted by molar-refractivity contribution is 5.91. The van der Waals surface area contributed by atoms with E-state index >= 15 is 0 Å². The average Bonchev–Trinajstić information content (AvgIpc) is 2.98. The molecule has 0 bridgehead atoms. The molecule has 1 saturated carbocycles. The third kappa shape index (κ3) is 2.15. The third-order valence-electron chi connectivity index (χ3n) is 4.60. The first-order valence-corrected chi connectivity index (χ1v) is 7.98. The molecule has 3 aromatic rings. The van der Waals surface area contributed by atoms with Crippen molar-refractivity contribution >= 4 is 11.1 Å². The number of aryl methyl sites for hydroxylation is 1. The summed E-state index contributed by atoms with van der Waals surface area (Å²) < 4.78 is 16.3. The number of ether oxygens (including phenoxy) is 1. The molecule has 0 unspecified atom stereocenters. The molecule has 2 aliphatic rings. The van der Waals surface area contributed by atoms with Gasteiger partial charge in [0.2, 0.25) is 0 Å². The van der Waals surface area contributed by atoms with E-state index in [1.54, 1.807) is 0 Å². The Morgan fingerprint density at radius 3 is 2.74 bits per heavy atom. The van der Waals surface area contributed by atoms with Crippen LogP contribution >= 0.6 is 0 Å². The van der Waals surface area contributed by atoms with Crippen LogP contribution in [0.1, 0.15) is 48.3 Å². The standard InChI is InChI=1S/C16H16N4O3/c1-8-13-11(6-12(9-2-3-9)17-16(13)23-19-8)15-18-14(20-22-15)10-4-5-21-7-10/h6,9-10H,2-5,7H2,1H3/t10-/m1/s1. The van der Waals surface area contributed by atoms with Crippen LogP contribution in [0.3, 0.4) is 0 Å². The van der Waals surface area contributed by atoms with Crippen LogP contribution in [-0.2, 0) is 4.74 Å². The fraction of sp³-hybridized carbons (Fsp3) is 0.500. The fourth-order valence-electron chi connectivity index (χ4n) is 3.12.